The van der Waals surface area contributed by atoms with Crippen molar-refractivity contribution in [3.05, 3.63) is 0 Å². The van der Waals surface area contributed by atoms with E-state index < -0.39 is 0 Å². The zero-order valence-corrected chi connectivity index (χ0v) is 11.4. The van der Waals surface area contributed by atoms with E-state index in [4.69, 9.17) is 0 Å². The van der Waals surface area contributed by atoms with Gasteiger partial charge in [-0.25, -0.2) is 0 Å². The summed E-state index contributed by atoms with van der Waals surface area (Å²) in [6.07, 6.45) is 4.02. The summed E-state index contributed by atoms with van der Waals surface area (Å²) in [7, 11) is 0. The van der Waals surface area contributed by atoms with Gasteiger partial charge in [-0.3, -0.25) is 19.5 Å². The molecule has 2 fully saturated rings. The van der Waals surface area contributed by atoms with Crippen molar-refractivity contribution >= 4 is 17.8 Å². The number of hydrogen-bond donors (Lipinski definition) is 2. The summed E-state index contributed by atoms with van der Waals surface area (Å²) in [6, 6.07) is 0.538. The van der Waals surface area contributed by atoms with Crippen LogP contribution in [0.5, 0.6) is 0 Å². The first-order valence-corrected chi connectivity index (χ1v) is 7.08. The molecule has 0 unspecified atom stereocenters. The third-order valence-electron chi connectivity index (χ3n) is 3.24. The van der Waals surface area contributed by atoms with Crippen LogP contribution in [0.1, 0.15) is 39.0 Å². The molecule has 1 saturated heterocycles. The summed E-state index contributed by atoms with van der Waals surface area (Å²) in [4.78, 5) is 29.0. The first-order valence-electron chi connectivity index (χ1n) is 7.08. The van der Waals surface area contributed by atoms with Gasteiger partial charge < -0.3 is 10.6 Å². The van der Waals surface area contributed by atoms with Crippen LogP contribution in [0.15, 0.2) is 4.99 Å². The fraction of sp³-hybridized carbons (Fsp3) is 0.769. The second-order valence-electron chi connectivity index (χ2n) is 4.97. The molecular weight excluding hydrogens is 244 g/mol. The SMILES string of the molecule is CCNC(=NCCN1C(=O)CCCC1=O)NC1CC1. The van der Waals surface area contributed by atoms with Crippen LogP contribution in [0.4, 0.5) is 0 Å². The number of amides is 2. The van der Waals surface area contributed by atoms with Crippen molar-refractivity contribution in [1.29, 1.82) is 0 Å². The average Bonchev–Trinajstić information content (AvgIpc) is 3.17. The van der Waals surface area contributed by atoms with Crippen LogP contribution in [-0.2, 0) is 9.59 Å². The lowest BCUT2D eigenvalue weighted by Crippen LogP contribution is -2.42. The normalized spacial score (nSPS) is 20.7. The van der Waals surface area contributed by atoms with Gasteiger partial charge in [-0.15, -0.1) is 0 Å². The van der Waals surface area contributed by atoms with Crippen molar-refractivity contribution in [2.75, 3.05) is 19.6 Å². The molecule has 1 heterocycles. The van der Waals surface area contributed by atoms with Crippen LogP contribution in [0, 0.1) is 0 Å². The molecule has 0 aromatic carbocycles. The summed E-state index contributed by atoms with van der Waals surface area (Å²) in [5, 5.41) is 6.47. The molecule has 2 rings (SSSR count). The molecule has 0 aromatic rings. The number of carbonyl (C=O) groups is 2. The van der Waals surface area contributed by atoms with Gasteiger partial charge in [0.15, 0.2) is 5.96 Å². The van der Waals surface area contributed by atoms with Crippen LogP contribution >= 0.6 is 0 Å². The zero-order valence-electron chi connectivity index (χ0n) is 11.4. The third kappa shape index (κ3) is 4.22. The van der Waals surface area contributed by atoms with Gasteiger partial charge >= 0.3 is 0 Å². The smallest absolute Gasteiger partial charge is 0.229 e. The minimum absolute atomic E-state index is 0.0633. The number of guanidine groups is 1. The fourth-order valence-electron chi connectivity index (χ4n) is 2.05. The summed E-state index contributed by atoms with van der Waals surface area (Å²) in [5.41, 5.74) is 0. The van der Waals surface area contributed by atoms with E-state index in [1.165, 1.54) is 17.7 Å². The maximum Gasteiger partial charge on any atom is 0.229 e. The minimum atomic E-state index is -0.0633. The average molecular weight is 266 g/mol. The zero-order chi connectivity index (χ0) is 13.7. The quantitative estimate of drug-likeness (QED) is 0.425. The Bertz CT molecular complexity index is 361. The third-order valence-corrected chi connectivity index (χ3v) is 3.24. The van der Waals surface area contributed by atoms with Gasteiger partial charge in [-0.05, 0) is 26.2 Å². The molecule has 6 nitrogen and oxygen atoms in total. The molecule has 0 aromatic heterocycles. The Kier molecular flexibility index (Phi) is 4.76. The van der Waals surface area contributed by atoms with Crippen LogP contribution in [0.3, 0.4) is 0 Å². The second-order valence-corrected chi connectivity index (χ2v) is 4.97. The molecule has 1 aliphatic carbocycles. The number of likely N-dealkylation sites (tertiary alicyclic amines) is 1. The number of hydrogen-bond acceptors (Lipinski definition) is 3. The molecule has 1 saturated carbocycles. The van der Waals surface area contributed by atoms with E-state index in [-0.39, 0.29) is 11.8 Å². The predicted molar refractivity (Wildman–Crippen MR) is 72.7 cm³/mol. The number of nitrogens with one attached hydrogen (secondary N) is 2. The molecule has 1 aliphatic heterocycles. The molecule has 2 amide bonds. The number of aliphatic imine (C=N–C) groups is 1. The molecule has 6 heteroatoms. The van der Waals surface area contributed by atoms with Crippen LogP contribution in [-0.4, -0.2) is 48.3 Å². The Morgan fingerprint density at radius 3 is 2.58 bits per heavy atom. The van der Waals surface area contributed by atoms with Gasteiger partial charge in [0.2, 0.25) is 11.8 Å². The molecule has 19 heavy (non-hydrogen) atoms. The topological polar surface area (TPSA) is 73.8 Å². The molecule has 0 atom stereocenters. The molecule has 106 valence electrons. The fourth-order valence-corrected chi connectivity index (χ4v) is 2.05. The lowest BCUT2D eigenvalue weighted by molar-refractivity contribution is -0.147. The van der Waals surface area contributed by atoms with Crippen LogP contribution in [0.2, 0.25) is 0 Å². The lowest BCUT2D eigenvalue weighted by atomic mass is 10.1. The Balaban J connectivity index is 1.81. The van der Waals surface area contributed by atoms with Crippen molar-refractivity contribution in [3.8, 4) is 0 Å². The number of nitrogens with zero attached hydrogens (tertiary/aromatic N) is 2. The van der Waals surface area contributed by atoms with Crippen molar-refractivity contribution in [2.45, 2.75) is 45.1 Å². The molecular formula is C13H22N4O2. The highest BCUT2D eigenvalue weighted by Gasteiger charge is 2.25. The van der Waals surface area contributed by atoms with Gasteiger partial charge in [0.25, 0.3) is 0 Å². The highest BCUT2D eigenvalue weighted by Crippen LogP contribution is 2.18. The van der Waals surface area contributed by atoms with Gasteiger partial charge in [-0.2, -0.15) is 0 Å². The van der Waals surface area contributed by atoms with E-state index >= 15 is 0 Å². The number of carbonyl (C=O) groups excluding carboxylic acids is 2. The molecule has 0 bridgehead atoms. The van der Waals surface area contributed by atoms with Crippen molar-refractivity contribution < 1.29 is 9.59 Å². The van der Waals surface area contributed by atoms with Gasteiger partial charge in [-0.1, -0.05) is 0 Å². The summed E-state index contributed by atoms with van der Waals surface area (Å²) < 4.78 is 0. The van der Waals surface area contributed by atoms with E-state index in [1.54, 1.807) is 0 Å². The molecule has 0 radical (unpaired) electrons. The second kappa shape index (κ2) is 6.54. The van der Waals surface area contributed by atoms with Crippen molar-refractivity contribution in [2.24, 2.45) is 4.99 Å². The van der Waals surface area contributed by atoms with Gasteiger partial charge in [0.1, 0.15) is 0 Å². The van der Waals surface area contributed by atoms with Gasteiger partial charge in [0.05, 0.1) is 6.54 Å². The minimum Gasteiger partial charge on any atom is -0.357 e. The number of piperidine rings is 1. The summed E-state index contributed by atoms with van der Waals surface area (Å²) in [6.45, 7) is 3.67. The summed E-state index contributed by atoms with van der Waals surface area (Å²) in [5.74, 6) is 0.653. The number of rotatable bonds is 5. The van der Waals surface area contributed by atoms with Crippen molar-refractivity contribution in [1.82, 2.24) is 15.5 Å². The van der Waals surface area contributed by atoms with Gasteiger partial charge in [0, 0.05) is 32.0 Å². The van der Waals surface area contributed by atoms with Crippen LogP contribution < -0.4 is 10.6 Å². The van der Waals surface area contributed by atoms with Crippen molar-refractivity contribution in [3.63, 3.8) is 0 Å². The summed E-state index contributed by atoms with van der Waals surface area (Å²) >= 11 is 0. The molecule has 2 aliphatic rings. The lowest BCUT2D eigenvalue weighted by Gasteiger charge is -2.24. The Labute approximate surface area is 113 Å². The van der Waals surface area contributed by atoms with E-state index in [0.29, 0.717) is 38.4 Å². The monoisotopic (exact) mass is 266 g/mol. The Morgan fingerprint density at radius 1 is 1.32 bits per heavy atom. The first kappa shape index (κ1) is 13.8. The Hall–Kier alpha value is -1.59. The highest BCUT2D eigenvalue weighted by atomic mass is 16.2. The van der Waals surface area contributed by atoms with E-state index in [1.807, 2.05) is 6.92 Å². The van der Waals surface area contributed by atoms with E-state index in [2.05, 4.69) is 15.6 Å². The van der Waals surface area contributed by atoms with E-state index in [0.717, 1.165) is 12.5 Å². The number of imide groups is 1. The first-order chi connectivity index (χ1) is 9.20. The standard InChI is InChI=1S/C13H22N4O2/c1-2-14-13(16-10-6-7-10)15-8-9-17-11(18)4-3-5-12(17)19/h10H,2-9H2,1H3,(H2,14,15,16). The molecule has 2 N–H and O–H groups in total. The molecule has 0 spiro atoms. The largest absolute Gasteiger partial charge is 0.357 e. The predicted octanol–water partition coefficient (Wildman–Crippen LogP) is 0.243. The highest BCUT2D eigenvalue weighted by molar-refractivity contribution is 5.97. The maximum absolute atomic E-state index is 11.6. The van der Waals surface area contributed by atoms with E-state index in [9.17, 15) is 9.59 Å². The maximum atomic E-state index is 11.6. The Morgan fingerprint density at radius 2 is 2.00 bits per heavy atom. The van der Waals surface area contributed by atoms with Crippen LogP contribution in [0.25, 0.3) is 0 Å².